The molecule has 0 N–H and O–H groups in total. The van der Waals surface area contributed by atoms with Gasteiger partial charge in [-0.15, -0.1) is 0 Å². The number of fused-ring (bicyclic) bond motifs is 2. The van der Waals surface area contributed by atoms with Gasteiger partial charge in [0.15, 0.2) is 17.1 Å². The molecule has 0 atom stereocenters. The van der Waals surface area contributed by atoms with Gasteiger partial charge in [0.2, 0.25) is 0 Å². The number of aryl methyl sites for hydroxylation is 1. The monoisotopic (exact) mass is 332 g/mol. The zero-order valence-corrected chi connectivity index (χ0v) is 13.1. The molecule has 23 heavy (non-hydrogen) atoms. The van der Waals surface area contributed by atoms with E-state index in [0.29, 0.717) is 47.3 Å². The van der Waals surface area contributed by atoms with Crippen LogP contribution in [0.1, 0.15) is 5.56 Å². The summed E-state index contributed by atoms with van der Waals surface area (Å²) in [5.41, 5.74) is 1.16. The minimum Gasteiger partial charge on any atom is -0.486 e. The standard InChI is InChI=1S/C15H13ClN4O3/c1-19-14-10(6-18-19)15(21)20(8-17-14)7-9-4-12-13(5-11(9)16)23-3-2-22-12/h4-6,8H,2-3,7H2,1H3. The van der Waals surface area contributed by atoms with Gasteiger partial charge in [0.05, 0.1) is 12.7 Å². The molecule has 8 heteroatoms. The minimum atomic E-state index is -0.158. The quantitative estimate of drug-likeness (QED) is 0.713. The minimum absolute atomic E-state index is 0.158. The van der Waals surface area contributed by atoms with E-state index in [1.54, 1.807) is 23.9 Å². The average Bonchev–Trinajstić information content (AvgIpc) is 2.92. The fourth-order valence-corrected chi connectivity index (χ4v) is 2.80. The molecule has 4 rings (SSSR count). The first-order chi connectivity index (χ1) is 11.1. The molecule has 0 amide bonds. The van der Waals surface area contributed by atoms with Crippen molar-refractivity contribution in [3.8, 4) is 11.5 Å². The van der Waals surface area contributed by atoms with E-state index in [0.717, 1.165) is 5.56 Å². The Bertz CT molecular complexity index is 963. The van der Waals surface area contributed by atoms with Gasteiger partial charge >= 0.3 is 0 Å². The predicted octanol–water partition coefficient (Wildman–Crippen LogP) is 1.60. The van der Waals surface area contributed by atoms with Crippen molar-refractivity contribution in [2.24, 2.45) is 7.05 Å². The SMILES string of the molecule is Cn1ncc2c(=O)n(Cc3cc4c(cc3Cl)OCCO4)cnc21. The highest BCUT2D eigenvalue weighted by Gasteiger charge is 2.16. The first kappa shape index (κ1) is 14.1. The summed E-state index contributed by atoms with van der Waals surface area (Å²) < 4.78 is 14.1. The molecular weight excluding hydrogens is 320 g/mol. The highest BCUT2D eigenvalue weighted by molar-refractivity contribution is 6.31. The largest absolute Gasteiger partial charge is 0.486 e. The molecule has 1 aliphatic heterocycles. The van der Waals surface area contributed by atoms with Crippen molar-refractivity contribution in [3.63, 3.8) is 0 Å². The first-order valence-electron chi connectivity index (χ1n) is 7.08. The highest BCUT2D eigenvalue weighted by Crippen LogP contribution is 2.35. The summed E-state index contributed by atoms with van der Waals surface area (Å²) in [4.78, 5) is 16.8. The molecule has 0 radical (unpaired) electrons. The second-order valence-electron chi connectivity index (χ2n) is 5.27. The number of halogens is 1. The predicted molar refractivity (Wildman–Crippen MR) is 84.3 cm³/mol. The molecule has 0 bridgehead atoms. The van der Waals surface area contributed by atoms with Crippen molar-refractivity contribution in [2.75, 3.05) is 13.2 Å². The Labute approximate surface area is 136 Å². The van der Waals surface area contributed by atoms with Gasteiger partial charge in [0, 0.05) is 18.1 Å². The molecule has 2 aromatic heterocycles. The van der Waals surface area contributed by atoms with Crippen LogP contribution in [0, 0.1) is 0 Å². The molecular formula is C15H13ClN4O3. The van der Waals surface area contributed by atoms with Gasteiger partial charge < -0.3 is 9.47 Å². The molecule has 0 saturated heterocycles. The van der Waals surface area contributed by atoms with Crippen molar-refractivity contribution < 1.29 is 9.47 Å². The zero-order chi connectivity index (χ0) is 16.0. The Kier molecular flexibility index (Phi) is 3.23. The molecule has 0 saturated carbocycles. The van der Waals surface area contributed by atoms with Crippen LogP contribution in [-0.2, 0) is 13.6 Å². The second-order valence-corrected chi connectivity index (χ2v) is 5.68. The van der Waals surface area contributed by atoms with Gasteiger partial charge in [-0.1, -0.05) is 11.6 Å². The van der Waals surface area contributed by atoms with E-state index in [4.69, 9.17) is 21.1 Å². The third-order valence-electron chi connectivity index (χ3n) is 3.77. The van der Waals surface area contributed by atoms with Crippen molar-refractivity contribution >= 4 is 22.6 Å². The van der Waals surface area contributed by atoms with Gasteiger partial charge in [0.1, 0.15) is 24.9 Å². The number of hydrogen-bond acceptors (Lipinski definition) is 5. The number of ether oxygens (including phenoxy) is 2. The lowest BCUT2D eigenvalue weighted by Gasteiger charge is -2.20. The topological polar surface area (TPSA) is 71.2 Å². The lowest BCUT2D eigenvalue weighted by molar-refractivity contribution is 0.171. The molecule has 1 aliphatic rings. The smallest absolute Gasteiger partial charge is 0.264 e. The molecule has 118 valence electrons. The Morgan fingerprint density at radius 1 is 1.26 bits per heavy atom. The van der Waals surface area contributed by atoms with E-state index in [-0.39, 0.29) is 5.56 Å². The van der Waals surface area contributed by atoms with E-state index in [9.17, 15) is 4.79 Å². The first-order valence-corrected chi connectivity index (χ1v) is 7.46. The van der Waals surface area contributed by atoms with E-state index >= 15 is 0 Å². The lowest BCUT2D eigenvalue weighted by Crippen LogP contribution is -2.21. The Morgan fingerprint density at radius 2 is 2.00 bits per heavy atom. The lowest BCUT2D eigenvalue weighted by atomic mass is 10.2. The highest BCUT2D eigenvalue weighted by atomic mass is 35.5. The summed E-state index contributed by atoms with van der Waals surface area (Å²) in [6.07, 6.45) is 3.02. The van der Waals surface area contributed by atoms with Gasteiger partial charge in [-0.3, -0.25) is 14.0 Å². The number of rotatable bonds is 2. The summed E-state index contributed by atoms with van der Waals surface area (Å²) in [6.45, 7) is 1.30. The summed E-state index contributed by atoms with van der Waals surface area (Å²) in [5, 5.41) is 5.05. The van der Waals surface area contributed by atoms with Crippen LogP contribution < -0.4 is 15.0 Å². The van der Waals surface area contributed by atoms with Crippen LogP contribution in [0.3, 0.4) is 0 Å². The van der Waals surface area contributed by atoms with Crippen LogP contribution in [-0.4, -0.2) is 32.5 Å². The third-order valence-corrected chi connectivity index (χ3v) is 4.12. The molecule has 0 unspecified atom stereocenters. The fourth-order valence-electron chi connectivity index (χ4n) is 2.59. The zero-order valence-electron chi connectivity index (χ0n) is 12.3. The van der Waals surface area contributed by atoms with Gasteiger partial charge in [0.25, 0.3) is 5.56 Å². The van der Waals surface area contributed by atoms with E-state index in [1.807, 2.05) is 0 Å². The molecule has 0 fully saturated rings. The summed E-state index contributed by atoms with van der Waals surface area (Å²) in [5.74, 6) is 1.26. The maximum atomic E-state index is 12.5. The van der Waals surface area contributed by atoms with Crippen LogP contribution in [0.15, 0.2) is 29.5 Å². The number of nitrogens with zero attached hydrogens (tertiary/aromatic N) is 4. The maximum Gasteiger partial charge on any atom is 0.264 e. The summed E-state index contributed by atoms with van der Waals surface area (Å²) in [7, 11) is 1.75. The molecule has 1 aromatic carbocycles. The molecule has 3 heterocycles. The number of hydrogen-bond donors (Lipinski definition) is 0. The maximum absolute atomic E-state index is 12.5. The van der Waals surface area contributed by atoms with Gasteiger partial charge in [-0.25, -0.2) is 4.98 Å². The van der Waals surface area contributed by atoms with Crippen LogP contribution in [0.4, 0.5) is 0 Å². The van der Waals surface area contributed by atoms with E-state index in [1.165, 1.54) is 17.1 Å². The number of benzene rings is 1. The van der Waals surface area contributed by atoms with Crippen molar-refractivity contribution in [1.29, 1.82) is 0 Å². The summed E-state index contributed by atoms with van der Waals surface area (Å²) in [6, 6.07) is 3.52. The Balaban J connectivity index is 1.76. The van der Waals surface area contributed by atoms with Crippen LogP contribution in [0.25, 0.3) is 11.0 Å². The van der Waals surface area contributed by atoms with Crippen LogP contribution in [0.5, 0.6) is 11.5 Å². The molecule has 3 aromatic rings. The van der Waals surface area contributed by atoms with Gasteiger partial charge in [-0.2, -0.15) is 5.10 Å². The number of aromatic nitrogens is 4. The third kappa shape index (κ3) is 2.33. The second kappa shape index (κ2) is 5.27. The average molecular weight is 333 g/mol. The van der Waals surface area contributed by atoms with E-state index in [2.05, 4.69) is 10.1 Å². The van der Waals surface area contributed by atoms with Crippen molar-refractivity contribution in [2.45, 2.75) is 6.54 Å². The molecule has 0 aliphatic carbocycles. The Hall–Kier alpha value is -2.54. The van der Waals surface area contributed by atoms with E-state index < -0.39 is 0 Å². The summed E-state index contributed by atoms with van der Waals surface area (Å²) >= 11 is 6.30. The fraction of sp³-hybridized carbons (Fsp3) is 0.267. The molecule has 0 spiro atoms. The van der Waals surface area contributed by atoms with Crippen molar-refractivity contribution in [3.05, 3.63) is 45.6 Å². The van der Waals surface area contributed by atoms with Gasteiger partial charge in [-0.05, 0) is 11.6 Å². The Morgan fingerprint density at radius 3 is 2.78 bits per heavy atom. The van der Waals surface area contributed by atoms with Crippen molar-refractivity contribution in [1.82, 2.24) is 19.3 Å². The normalized spacial score (nSPS) is 13.5. The van der Waals surface area contributed by atoms with Crippen LogP contribution in [0.2, 0.25) is 5.02 Å². The molecule has 7 nitrogen and oxygen atoms in total. The van der Waals surface area contributed by atoms with Crippen LogP contribution >= 0.6 is 11.6 Å².